The molecule has 0 rings (SSSR count). The molecule has 0 aliphatic carbocycles. The number of phosphoric acid groups is 2. The van der Waals surface area contributed by atoms with Crippen molar-refractivity contribution in [3.8, 4) is 0 Å². The molecule has 72 valence electrons. The summed E-state index contributed by atoms with van der Waals surface area (Å²) in [7, 11) is -10.3. The van der Waals surface area contributed by atoms with Gasteiger partial charge in [-0.1, -0.05) is 0 Å². The van der Waals surface area contributed by atoms with Crippen molar-refractivity contribution in [2.45, 2.75) is 0 Å². The summed E-state index contributed by atoms with van der Waals surface area (Å²) in [6, 6.07) is 0. The standard InChI is InChI=1S/4Na.2H3O4P.H2O/c;;;;2*1-5(2,3)4;/h;;;;2*(H3,1,2,3,4);1H2/q4*+1;;;/p-4. The Morgan fingerprint density at radius 3 is 0.667 bits per heavy atom. The van der Waals surface area contributed by atoms with Crippen LogP contribution in [0.25, 0.3) is 0 Å². The molecule has 0 radical (unpaired) electrons. The summed E-state index contributed by atoms with van der Waals surface area (Å²) in [6.45, 7) is 0. The summed E-state index contributed by atoms with van der Waals surface area (Å²) in [5.74, 6) is 0. The molecule has 0 aromatic heterocycles. The average molecular weight is 302 g/mol. The maximum Gasteiger partial charge on any atom is 1.00 e. The van der Waals surface area contributed by atoms with Crippen LogP contribution in [0, 0.1) is 0 Å². The smallest absolute Gasteiger partial charge is 0.790 e. The van der Waals surface area contributed by atoms with Crippen molar-refractivity contribution in [3.63, 3.8) is 0 Å². The summed E-state index contributed by atoms with van der Waals surface area (Å²) in [5.41, 5.74) is 0. The summed E-state index contributed by atoms with van der Waals surface area (Å²) < 4.78 is 17.3. The van der Waals surface area contributed by atoms with Gasteiger partial charge in [-0.2, -0.15) is 0 Å². The van der Waals surface area contributed by atoms with E-state index in [0.29, 0.717) is 0 Å². The van der Waals surface area contributed by atoms with Gasteiger partial charge in [-0.25, -0.2) is 0 Å². The predicted octanol–water partition coefficient (Wildman–Crippen LogP) is -17.2. The van der Waals surface area contributed by atoms with Gasteiger partial charge in [-0.15, -0.1) is 0 Å². The van der Waals surface area contributed by atoms with Gasteiger partial charge in [-0.3, -0.25) is 0 Å². The van der Waals surface area contributed by atoms with Crippen molar-refractivity contribution in [3.05, 3.63) is 0 Å². The minimum atomic E-state index is -5.14. The molecule has 0 fully saturated rings. The Kier molecular flexibility index (Phi) is 58.4. The maximum absolute atomic E-state index is 8.66. The van der Waals surface area contributed by atoms with Gasteiger partial charge >= 0.3 is 118 Å². The maximum atomic E-state index is 8.66. The Balaban J connectivity index is -0.0000000128. The molecule has 0 aromatic carbocycles. The number of hydrogen-bond donors (Lipinski definition) is 2. The third-order valence-electron chi connectivity index (χ3n) is 0. The molecule has 0 atom stereocenters. The number of rotatable bonds is 0. The topological polar surface area (TPSA) is 198 Å². The summed E-state index contributed by atoms with van der Waals surface area (Å²) in [5, 5.41) is 0. The molecule has 0 aliphatic heterocycles. The number of hydrogen-bond acceptors (Lipinski definition) is 6. The monoisotopic (exact) mass is 302 g/mol. The van der Waals surface area contributed by atoms with E-state index in [1.165, 1.54) is 0 Å². The minimum absolute atomic E-state index is 0. The summed E-state index contributed by atoms with van der Waals surface area (Å²) in [4.78, 5) is 48.6. The Morgan fingerprint density at radius 2 is 0.667 bits per heavy atom. The van der Waals surface area contributed by atoms with Crippen molar-refractivity contribution < 1.29 is 162 Å². The van der Waals surface area contributed by atoms with Crippen LogP contribution in [-0.4, -0.2) is 15.3 Å². The van der Waals surface area contributed by atoms with E-state index in [1.54, 1.807) is 0 Å². The molecule has 0 aromatic rings. The quantitative estimate of drug-likeness (QED) is 0.324. The molecule has 0 spiro atoms. The van der Waals surface area contributed by atoms with E-state index in [0.717, 1.165) is 0 Å². The van der Waals surface area contributed by atoms with Crippen LogP contribution in [0.4, 0.5) is 0 Å². The fourth-order valence-electron chi connectivity index (χ4n) is 0. The predicted molar refractivity (Wildman–Crippen MR) is 23.3 cm³/mol. The average Bonchev–Trinajstić information content (AvgIpc) is 1.12. The van der Waals surface area contributed by atoms with E-state index in [1.807, 2.05) is 0 Å². The van der Waals surface area contributed by atoms with Crippen LogP contribution in [0.5, 0.6) is 0 Å². The minimum Gasteiger partial charge on any atom is -0.790 e. The third-order valence-corrected chi connectivity index (χ3v) is 0. The first kappa shape index (κ1) is 42.7. The molecule has 4 N–H and O–H groups in total. The van der Waals surface area contributed by atoms with Crippen LogP contribution < -0.4 is 138 Å². The Hall–Kier alpha value is 4.18. The van der Waals surface area contributed by atoms with E-state index in [4.69, 9.17) is 38.5 Å². The molecule has 0 heterocycles. The molecule has 0 saturated carbocycles. The summed E-state index contributed by atoms with van der Waals surface area (Å²) >= 11 is 0. The van der Waals surface area contributed by atoms with Crippen LogP contribution in [0.1, 0.15) is 0 Å². The normalized spacial score (nSPS) is 7.87. The third kappa shape index (κ3) is 272. The van der Waals surface area contributed by atoms with Crippen LogP contribution >= 0.6 is 15.6 Å². The van der Waals surface area contributed by atoms with Gasteiger partial charge in [0, 0.05) is 0 Å². The molecule has 0 saturated heterocycles. The second-order valence-electron chi connectivity index (χ2n) is 0.937. The van der Waals surface area contributed by atoms with Crippen molar-refractivity contribution in [2.24, 2.45) is 0 Å². The van der Waals surface area contributed by atoms with Crippen LogP contribution in [0.15, 0.2) is 0 Å². The second-order valence-corrected chi connectivity index (χ2v) is 2.81. The van der Waals surface area contributed by atoms with Gasteiger partial charge in [0.15, 0.2) is 0 Å². The molecule has 0 aliphatic rings. The van der Waals surface area contributed by atoms with Crippen molar-refractivity contribution in [1.82, 2.24) is 0 Å². The van der Waals surface area contributed by atoms with Crippen molar-refractivity contribution >= 4 is 15.6 Å². The zero-order chi connectivity index (χ0) is 9.00. The molecular weight excluding hydrogens is 298 g/mol. The molecule has 0 bridgehead atoms. The van der Waals surface area contributed by atoms with Crippen molar-refractivity contribution in [1.29, 1.82) is 0 Å². The van der Waals surface area contributed by atoms with E-state index in [-0.39, 0.29) is 124 Å². The van der Waals surface area contributed by atoms with Gasteiger partial charge in [0.05, 0.1) is 15.6 Å². The first-order valence-corrected chi connectivity index (χ1v) is 4.49. The zero-order valence-electron chi connectivity index (χ0n) is 8.74. The largest absolute Gasteiger partial charge is 1.00 e. The SMILES string of the molecule is O.O=P([O-])([O-])O.O=P([O-])([O-])O.[Na+].[Na+].[Na+].[Na+]. The van der Waals surface area contributed by atoms with Crippen molar-refractivity contribution in [2.75, 3.05) is 0 Å². The Bertz CT molecular complexity index is 132. The molecule has 0 unspecified atom stereocenters. The summed E-state index contributed by atoms with van der Waals surface area (Å²) in [6.07, 6.45) is 0. The first-order chi connectivity index (χ1) is 4.00. The molecule has 15 heteroatoms. The zero-order valence-corrected chi connectivity index (χ0v) is 18.5. The molecule has 0 amide bonds. The first-order valence-electron chi connectivity index (χ1n) is 1.50. The van der Waals surface area contributed by atoms with Crippen LogP contribution in [0.2, 0.25) is 0 Å². The second kappa shape index (κ2) is 20.5. The fourth-order valence-corrected chi connectivity index (χ4v) is 0. The Labute approximate surface area is 174 Å². The van der Waals surface area contributed by atoms with Gasteiger partial charge in [0.1, 0.15) is 0 Å². The van der Waals surface area contributed by atoms with Gasteiger partial charge in [0.2, 0.25) is 0 Å². The van der Waals surface area contributed by atoms with E-state index in [2.05, 4.69) is 0 Å². The molecule has 9 nitrogen and oxygen atoms in total. The molecule has 15 heavy (non-hydrogen) atoms. The van der Waals surface area contributed by atoms with Crippen LogP contribution in [0.3, 0.4) is 0 Å². The van der Waals surface area contributed by atoms with E-state index >= 15 is 0 Å². The molecular formula is H4Na4O9P2. The van der Waals surface area contributed by atoms with E-state index in [9.17, 15) is 0 Å². The van der Waals surface area contributed by atoms with Gasteiger partial charge < -0.3 is 44.0 Å². The Morgan fingerprint density at radius 1 is 0.667 bits per heavy atom. The van der Waals surface area contributed by atoms with Crippen LogP contribution in [-0.2, 0) is 9.13 Å². The van der Waals surface area contributed by atoms with E-state index < -0.39 is 15.6 Å². The van der Waals surface area contributed by atoms with Gasteiger partial charge in [0.25, 0.3) is 0 Å². The fraction of sp³-hybridized carbons (Fsp3) is 0. The van der Waals surface area contributed by atoms with Gasteiger partial charge in [-0.05, 0) is 0 Å².